The molecular weight excluding hydrogens is 224 g/mol. The van der Waals surface area contributed by atoms with Crippen molar-refractivity contribution in [1.29, 1.82) is 0 Å². The lowest BCUT2D eigenvalue weighted by Crippen LogP contribution is -2.37. The summed E-state index contributed by atoms with van der Waals surface area (Å²) in [5.74, 6) is 1.60. The molecule has 0 amide bonds. The van der Waals surface area contributed by atoms with Crippen molar-refractivity contribution in [3.8, 4) is 0 Å². The Balaban J connectivity index is 2.08. The van der Waals surface area contributed by atoms with Crippen LogP contribution in [0.5, 0.6) is 0 Å². The van der Waals surface area contributed by atoms with Gasteiger partial charge in [0.05, 0.1) is 0 Å². The first-order valence-corrected chi connectivity index (χ1v) is 7.58. The molecule has 3 heteroatoms. The highest BCUT2D eigenvalue weighted by Gasteiger charge is 2.20. The first-order chi connectivity index (χ1) is 8.61. The van der Waals surface area contributed by atoms with E-state index in [4.69, 9.17) is 10.5 Å². The van der Waals surface area contributed by atoms with E-state index in [2.05, 4.69) is 18.7 Å². The summed E-state index contributed by atoms with van der Waals surface area (Å²) in [6, 6.07) is 0.363. The van der Waals surface area contributed by atoms with Gasteiger partial charge in [0, 0.05) is 26.3 Å². The number of hydrogen-bond donors (Lipinski definition) is 1. The van der Waals surface area contributed by atoms with Gasteiger partial charge in [0.25, 0.3) is 0 Å². The molecule has 2 N–H and O–H groups in total. The summed E-state index contributed by atoms with van der Waals surface area (Å²) in [5.41, 5.74) is 5.78. The van der Waals surface area contributed by atoms with E-state index in [1.165, 1.54) is 51.7 Å². The maximum absolute atomic E-state index is 5.78. The van der Waals surface area contributed by atoms with Gasteiger partial charge in [0.15, 0.2) is 0 Å². The fourth-order valence-corrected chi connectivity index (χ4v) is 2.89. The molecule has 1 aliphatic rings. The number of ether oxygens (including phenoxy) is 1. The molecule has 1 rings (SSSR count). The molecule has 0 aromatic heterocycles. The minimum atomic E-state index is 0.363. The number of piperidine rings is 1. The van der Waals surface area contributed by atoms with Crippen molar-refractivity contribution in [2.45, 2.75) is 52.0 Å². The fourth-order valence-electron chi connectivity index (χ4n) is 2.89. The van der Waals surface area contributed by atoms with Gasteiger partial charge in [-0.15, -0.1) is 0 Å². The smallest absolute Gasteiger partial charge is 0.0491 e. The summed E-state index contributed by atoms with van der Waals surface area (Å²) in [6.45, 7) is 9.20. The van der Waals surface area contributed by atoms with Crippen LogP contribution in [0.2, 0.25) is 0 Å². The summed E-state index contributed by atoms with van der Waals surface area (Å²) in [6.07, 6.45) is 6.37. The Bertz CT molecular complexity index is 201. The Hall–Kier alpha value is -0.120. The van der Waals surface area contributed by atoms with Crippen molar-refractivity contribution in [2.75, 3.05) is 33.4 Å². The minimum absolute atomic E-state index is 0.363. The van der Waals surface area contributed by atoms with Crippen molar-refractivity contribution in [1.82, 2.24) is 4.90 Å². The molecule has 1 aliphatic heterocycles. The van der Waals surface area contributed by atoms with Crippen LogP contribution >= 0.6 is 0 Å². The zero-order chi connectivity index (χ0) is 13.4. The third-order valence-electron chi connectivity index (χ3n) is 4.04. The molecule has 0 saturated carbocycles. The Morgan fingerprint density at radius 1 is 1.22 bits per heavy atom. The Morgan fingerprint density at radius 3 is 2.44 bits per heavy atom. The second kappa shape index (κ2) is 8.89. The first-order valence-electron chi connectivity index (χ1n) is 7.58. The van der Waals surface area contributed by atoms with E-state index in [1.807, 2.05) is 7.11 Å². The molecular formula is C15H32N2O. The zero-order valence-electron chi connectivity index (χ0n) is 12.5. The number of methoxy groups -OCH3 is 1. The summed E-state index contributed by atoms with van der Waals surface area (Å²) in [4.78, 5) is 2.63. The van der Waals surface area contributed by atoms with Crippen molar-refractivity contribution >= 4 is 0 Å². The predicted molar refractivity (Wildman–Crippen MR) is 77.7 cm³/mol. The highest BCUT2D eigenvalue weighted by molar-refractivity contribution is 4.73. The molecule has 18 heavy (non-hydrogen) atoms. The standard InChI is InChI=1S/C15H32N2O/c1-13(5-4-6-14(2)16)11-17-9-7-15(8-10-17)12-18-3/h13-15H,4-12,16H2,1-3H3. The average Bonchev–Trinajstić information content (AvgIpc) is 2.31. The Morgan fingerprint density at radius 2 is 1.89 bits per heavy atom. The van der Waals surface area contributed by atoms with E-state index in [9.17, 15) is 0 Å². The van der Waals surface area contributed by atoms with Crippen LogP contribution in [0, 0.1) is 11.8 Å². The molecule has 2 atom stereocenters. The van der Waals surface area contributed by atoms with Crippen LogP contribution in [0.4, 0.5) is 0 Å². The van der Waals surface area contributed by atoms with Gasteiger partial charge in [0.1, 0.15) is 0 Å². The van der Waals surface area contributed by atoms with Crippen molar-refractivity contribution < 1.29 is 4.74 Å². The van der Waals surface area contributed by atoms with Gasteiger partial charge in [-0.3, -0.25) is 0 Å². The van der Waals surface area contributed by atoms with Crippen LogP contribution < -0.4 is 5.73 Å². The predicted octanol–water partition coefficient (Wildman–Crippen LogP) is 2.50. The van der Waals surface area contributed by atoms with E-state index in [0.29, 0.717) is 6.04 Å². The van der Waals surface area contributed by atoms with E-state index >= 15 is 0 Å². The number of hydrogen-bond acceptors (Lipinski definition) is 3. The van der Waals surface area contributed by atoms with E-state index in [1.54, 1.807) is 0 Å². The molecule has 0 aliphatic carbocycles. The molecule has 0 bridgehead atoms. The lowest BCUT2D eigenvalue weighted by atomic mass is 9.95. The lowest BCUT2D eigenvalue weighted by molar-refractivity contribution is 0.0928. The SMILES string of the molecule is COCC1CCN(CC(C)CCCC(C)N)CC1. The third-order valence-corrected chi connectivity index (χ3v) is 4.04. The monoisotopic (exact) mass is 256 g/mol. The number of nitrogens with two attached hydrogens (primary N) is 1. The third kappa shape index (κ3) is 6.72. The second-order valence-electron chi connectivity index (χ2n) is 6.21. The van der Waals surface area contributed by atoms with Crippen molar-refractivity contribution in [3.63, 3.8) is 0 Å². The van der Waals surface area contributed by atoms with Crippen LogP contribution in [-0.2, 0) is 4.74 Å². The molecule has 2 unspecified atom stereocenters. The van der Waals surface area contributed by atoms with Gasteiger partial charge >= 0.3 is 0 Å². The van der Waals surface area contributed by atoms with E-state index in [0.717, 1.165) is 18.4 Å². The molecule has 1 fully saturated rings. The first kappa shape index (κ1) is 15.9. The molecule has 108 valence electrons. The topological polar surface area (TPSA) is 38.5 Å². The van der Waals surface area contributed by atoms with Crippen LogP contribution in [0.25, 0.3) is 0 Å². The van der Waals surface area contributed by atoms with Gasteiger partial charge < -0.3 is 15.4 Å². The summed E-state index contributed by atoms with van der Waals surface area (Å²) < 4.78 is 5.24. The van der Waals surface area contributed by atoms with Gasteiger partial charge in [-0.05, 0) is 57.5 Å². The van der Waals surface area contributed by atoms with Gasteiger partial charge in [0.2, 0.25) is 0 Å². The fraction of sp³-hybridized carbons (Fsp3) is 1.00. The molecule has 0 aromatic carbocycles. The zero-order valence-corrected chi connectivity index (χ0v) is 12.5. The van der Waals surface area contributed by atoms with Gasteiger partial charge in [-0.1, -0.05) is 13.3 Å². The van der Waals surface area contributed by atoms with E-state index < -0.39 is 0 Å². The average molecular weight is 256 g/mol. The second-order valence-corrected chi connectivity index (χ2v) is 6.21. The van der Waals surface area contributed by atoms with Crippen LogP contribution in [-0.4, -0.2) is 44.3 Å². The normalized spacial score (nSPS) is 22.0. The van der Waals surface area contributed by atoms with Crippen LogP contribution in [0.1, 0.15) is 46.0 Å². The maximum atomic E-state index is 5.78. The summed E-state index contributed by atoms with van der Waals surface area (Å²) in [7, 11) is 1.81. The van der Waals surface area contributed by atoms with E-state index in [-0.39, 0.29) is 0 Å². The Kier molecular flexibility index (Phi) is 7.87. The highest BCUT2D eigenvalue weighted by Crippen LogP contribution is 2.19. The lowest BCUT2D eigenvalue weighted by Gasteiger charge is -2.33. The largest absolute Gasteiger partial charge is 0.384 e. The number of nitrogens with zero attached hydrogens (tertiary/aromatic N) is 1. The molecule has 1 heterocycles. The summed E-state index contributed by atoms with van der Waals surface area (Å²) >= 11 is 0. The van der Waals surface area contributed by atoms with Crippen LogP contribution in [0.15, 0.2) is 0 Å². The Labute approximate surface area is 113 Å². The molecule has 0 spiro atoms. The maximum Gasteiger partial charge on any atom is 0.0491 e. The highest BCUT2D eigenvalue weighted by atomic mass is 16.5. The molecule has 1 saturated heterocycles. The van der Waals surface area contributed by atoms with Crippen molar-refractivity contribution in [2.24, 2.45) is 17.6 Å². The molecule has 0 aromatic rings. The molecule has 0 radical (unpaired) electrons. The van der Waals surface area contributed by atoms with Crippen LogP contribution in [0.3, 0.4) is 0 Å². The number of rotatable bonds is 8. The van der Waals surface area contributed by atoms with Crippen molar-refractivity contribution in [3.05, 3.63) is 0 Å². The van der Waals surface area contributed by atoms with Gasteiger partial charge in [-0.25, -0.2) is 0 Å². The molecule has 3 nitrogen and oxygen atoms in total. The number of likely N-dealkylation sites (tertiary alicyclic amines) is 1. The van der Waals surface area contributed by atoms with Gasteiger partial charge in [-0.2, -0.15) is 0 Å². The minimum Gasteiger partial charge on any atom is -0.384 e. The summed E-state index contributed by atoms with van der Waals surface area (Å²) in [5, 5.41) is 0. The quantitative estimate of drug-likeness (QED) is 0.725.